The number of amides is 5. The molecule has 5 amide bonds. The van der Waals surface area contributed by atoms with Crippen LogP contribution in [0.5, 0.6) is 0 Å². The fourth-order valence-electron chi connectivity index (χ4n) is 7.96. The van der Waals surface area contributed by atoms with Crippen molar-refractivity contribution >= 4 is 42.2 Å². The Morgan fingerprint density at radius 3 is 1.22 bits per heavy atom. The second-order valence-electron chi connectivity index (χ2n) is 18.7. The van der Waals surface area contributed by atoms with Gasteiger partial charge in [0, 0.05) is 31.7 Å². The number of carbonyl (C=O) groups excluding carboxylic acids is 5. The summed E-state index contributed by atoms with van der Waals surface area (Å²) in [6, 6.07) is -4.84. The maximum Gasteiger partial charge on any atom is 0.471 e. The molecular formula is C46H76F6N6O23S. The minimum atomic E-state index is -5.21. The highest BCUT2D eigenvalue weighted by Gasteiger charge is 2.62. The first-order valence-corrected chi connectivity index (χ1v) is 26.7. The van der Waals surface area contributed by atoms with Crippen LogP contribution >= 0.6 is 12.6 Å². The van der Waals surface area contributed by atoms with Crippen molar-refractivity contribution < 1.29 is 137 Å². The molecule has 0 spiro atoms. The van der Waals surface area contributed by atoms with Crippen molar-refractivity contribution in [3.63, 3.8) is 0 Å². The van der Waals surface area contributed by atoms with Gasteiger partial charge in [-0.2, -0.15) is 39.0 Å². The molecule has 0 aliphatic carbocycles. The summed E-state index contributed by atoms with van der Waals surface area (Å²) in [4.78, 5) is 59.7. The molecule has 36 heteroatoms. The first kappa shape index (κ1) is 71.0. The Morgan fingerprint density at radius 1 is 0.537 bits per heavy atom. The molecule has 4 heterocycles. The lowest BCUT2D eigenvalue weighted by Gasteiger charge is -2.42. The molecule has 4 aliphatic rings. The number of halogens is 6. The Hall–Kier alpha value is -3.48. The van der Waals surface area contributed by atoms with Gasteiger partial charge in [0.1, 0.15) is 47.7 Å². The number of ether oxygens (including phenoxy) is 14. The number of thiol groups is 1. The van der Waals surface area contributed by atoms with Gasteiger partial charge in [-0.1, -0.05) is 0 Å². The summed E-state index contributed by atoms with van der Waals surface area (Å²) < 4.78 is 152. The van der Waals surface area contributed by atoms with E-state index >= 15 is 0 Å². The largest absolute Gasteiger partial charge is 0.471 e. The Kier molecular flexibility index (Phi) is 31.6. The van der Waals surface area contributed by atoms with Crippen LogP contribution < -0.4 is 32.3 Å². The number of alkyl halides is 6. The van der Waals surface area contributed by atoms with Crippen LogP contribution in [0.4, 0.5) is 26.3 Å². The Morgan fingerprint density at radius 2 is 0.878 bits per heavy atom. The van der Waals surface area contributed by atoms with Gasteiger partial charge in [-0.15, -0.1) is 0 Å². The van der Waals surface area contributed by atoms with E-state index < -0.39 is 102 Å². The molecule has 4 bridgehead atoms. The topological polar surface area (TPSA) is 382 Å². The zero-order chi connectivity index (χ0) is 60.2. The van der Waals surface area contributed by atoms with Gasteiger partial charge in [0.05, 0.1) is 157 Å². The van der Waals surface area contributed by atoms with Crippen LogP contribution in [-0.2, 0) is 90.3 Å². The average Bonchev–Trinajstić information content (AvgIpc) is 2.11. The van der Waals surface area contributed by atoms with Crippen molar-refractivity contribution in [3.05, 3.63) is 0 Å². The third-order valence-electron chi connectivity index (χ3n) is 12.4. The highest BCUT2D eigenvalue weighted by molar-refractivity contribution is 7.80. The van der Waals surface area contributed by atoms with E-state index in [1.165, 1.54) is 0 Å². The van der Waals surface area contributed by atoms with Gasteiger partial charge in [0.25, 0.3) is 0 Å². The number of nitrogens with two attached hydrogens (primary N) is 1. The second kappa shape index (κ2) is 36.5. The van der Waals surface area contributed by atoms with Crippen molar-refractivity contribution in [3.8, 4) is 0 Å². The molecule has 4 saturated heterocycles. The maximum absolute atomic E-state index is 12.7. The van der Waals surface area contributed by atoms with Gasteiger partial charge in [0.15, 0.2) is 12.6 Å². The fraction of sp³-hybridized carbons (Fsp3) is 0.891. The van der Waals surface area contributed by atoms with Crippen LogP contribution in [0.25, 0.3) is 0 Å². The second-order valence-corrected chi connectivity index (χ2v) is 19.1. The van der Waals surface area contributed by atoms with Crippen molar-refractivity contribution in [2.45, 2.75) is 97.6 Å². The number of hydrogen-bond donors (Lipinski definition) is 11. The van der Waals surface area contributed by atoms with Crippen LogP contribution in [0.1, 0.15) is 12.8 Å². The van der Waals surface area contributed by atoms with E-state index in [0.29, 0.717) is 0 Å². The van der Waals surface area contributed by atoms with E-state index in [-0.39, 0.29) is 189 Å². The minimum Gasteiger partial charge on any atom is -0.388 e. The monoisotopic (exact) mass is 1230 g/mol. The molecule has 0 aromatic heterocycles. The molecule has 1 unspecified atom stereocenters. The van der Waals surface area contributed by atoms with E-state index in [1.807, 2.05) is 0 Å². The molecule has 0 saturated carbocycles. The molecule has 0 aromatic rings. The van der Waals surface area contributed by atoms with Gasteiger partial charge in [-0.05, 0) is 0 Å². The number of aliphatic hydroxyl groups is 4. The third-order valence-corrected chi connectivity index (χ3v) is 12.8. The molecule has 11 N–H and O–H groups in total. The first-order valence-electron chi connectivity index (χ1n) is 26.1. The molecule has 29 nitrogen and oxygen atoms in total. The van der Waals surface area contributed by atoms with Crippen molar-refractivity contribution in [2.24, 2.45) is 5.73 Å². The molecule has 11 atom stereocenters. The maximum atomic E-state index is 12.7. The van der Waals surface area contributed by atoms with Gasteiger partial charge in [0.2, 0.25) is 17.7 Å². The summed E-state index contributed by atoms with van der Waals surface area (Å²) in [6.07, 6.45) is -20.3. The van der Waals surface area contributed by atoms with Gasteiger partial charge in [-0.3, -0.25) is 24.0 Å². The van der Waals surface area contributed by atoms with Crippen LogP contribution in [0.3, 0.4) is 0 Å². The highest BCUT2D eigenvalue weighted by Crippen LogP contribution is 2.39. The quantitative estimate of drug-likeness (QED) is 0.0154. The normalized spacial score (nSPS) is 26.4. The lowest BCUT2D eigenvalue weighted by molar-refractivity contribution is -0.240. The van der Waals surface area contributed by atoms with E-state index in [9.17, 15) is 70.7 Å². The minimum absolute atomic E-state index is 0.0115. The molecule has 4 aliphatic heterocycles. The molecule has 4 fully saturated rings. The molecule has 0 radical (unpaired) electrons. The number of fused-ring (bicyclic) bond motifs is 4. The van der Waals surface area contributed by atoms with Crippen LogP contribution in [0.2, 0.25) is 0 Å². The number of hydrogen-bond acceptors (Lipinski definition) is 25. The summed E-state index contributed by atoms with van der Waals surface area (Å²) in [5, 5.41) is 53.0. The smallest absolute Gasteiger partial charge is 0.388 e. The molecule has 476 valence electrons. The van der Waals surface area contributed by atoms with Crippen molar-refractivity contribution in [2.75, 3.05) is 164 Å². The van der Waals surface area contributed by atoms with E-state index in [4.69, 9.17) is 72.0 Å². The summed E-state index contributed by atoms with van der Waals surface area (Å²) in [6.45, 7) is 1.80. The number of aliphatic hydroxyl groups excluding tert-OH is 4. The lowest BCUT2D eigenvalue weighted by Crippen LogP contribution is -2.67. The summed E-state index contributed by atoms with van der Waals surface area (Å²) in [5.41, 5.74) is 2.68. The number of nitrogens with one attached hydrogen (secondary N) is 5. The van der Waals surface area contributed by atoms with Gasteiger partial charge in [-0.25, -0.2) is 0 Å². The van der Waals surface area contributed by atoms with Gasteiger partial charge >= 0.3 is 24.2 Å². The highest BCUT2D eigenvalue weighted by atomic mass is 32.1. The number of rotatable bonds is 43. The molecule has 82 heavy (non-hydrogen) atoms. The Bertz CT molecular complexity index is 1800. The summed E-state index contributed by atoms with van der Waals surface area (Å²) in [5.74, 6) is -5.64. The molecule has 0 aromatic carbocycles. The Labute approximate surface area is 472 Å². The lowest BCUT2D eigenvalue weighted by atomic mass is 9.88. The zero-order valence-corrected chi connectivity index (χ0v) is 45.6. The SMILES string of the molecule is NC(CS)C(=O)NC(COCCC(=O)NCCOCCOCCOCCOC[C@@]12CO[C@@H](O1)[C@@H](NC(=O)C(F)(F)F)[C@@H](O)[C@H]2O)COCCC(=O)NCCOCCOCCOCCOC[C@@]12CO[C@@H](O1)[C@@H](NC(=O)C(F)(F)F)[C@@H](O)[C@H]2O. The predicted molar refractivity (Wildman–Crippen MR) is 264 cm³/mol. The average molecular weight is 1230 g/mol. The summed E-state index contributed by atoms with van der Waals surface area (Å²) >= 11 is 4.05. The van der Waals surface area contributed by atoms with Gasteiger partial charge < -0.3 is 119 Å². The predicted octanol–water partition coefficient (Wildman–Crippen LogP) is -5.30. The first-order chi connectivity index (χ1) is 39.0. The fourth-order valence-corrected chi connectivity index (χ4v) is 8.12. The Balaban J connectivity index is 0.908. The third kappa shape index (κ3) is 24.1. The van der Waals surface area contributed by atoms with E-state index in [1.54, 1.807) is 10.6 Å². The molecular weight excluding hydrogens is 1150 g/mol. The summed E-state index contributed by atoms with van der Waals surface area (Å²) in [7, 11) is 0. The number of carbonyl (C=O) groups is 5. The van der Waals surface area contributed by atoms with Crippen LogP contribution in [-0.4, -0.2) is 299 Å². The van der Waals surface area contributed by atoms with Crippen molar-refractivity contribution in [1.82, 2.24) is 26.6 Å². The zero-order valence-electron chi connectivity index (χ0n) is 44.7. The van der Waals surface area contributed by atoms with Crippen molar-refractivity contribution in [1.29, 1.82) is 0 Å². The van der Waals surface area contributed by atoms with Crippen LogP contribution in [0.15, 0.2) is 0 Å². The standard InChI is InChI=1S/C46H76F6N6O23S/c47-45(48,49)41(66)57-32-34(61)36(63)43(26-78-39(32)80-43)24-76-19-17-72-15-13-70-11-9-68-7-3-54-30(59)1-5-74-21-28(56-38(65)29(53)23-82)22-75-6-2-31(60)55-4-8-69-10-12-71-14-16-73-18-20-77-25-44-27-79-40(81-44)33(35(62)37(44)64)58-42(67)46(50,51)52/h28-29,32-37,39-40,61-64,82H,1-27,53H2,(H,54,59)(H,55,60)(H,56,65)(H,57,66)(H,58,67)/t29?,32-,33-,34+,35+,36+,37+,39-,40-,43-,44-/m0/s1. The van der Waals surface area contributed by atoms with Crippen LogP contribution in [0, 0.1) is 0 Å². The van der Waals surface area contributed by atoms with E-state index in [2.05, 4.69) is 28.6 Å². The van der Waals surface area contributed by atoms with E-state index in [0.717, 1.165) is 0 Å². The molecule has 4 rings (SSSR count).